The Morgan fingerprint density at radius 1 is 1.39 bits per heavy atom. The lowest BCUT2D eigenvalue weighted by molar-refractivity contribution is -0.130. The number of carbonyl (C=O) groups is 1. The molecule has 0 radical (unpaired) electrons. The van der Waals surface area contributed by atoms with Gasteiger partial charge in [0.05, 0.1) is 6.61 Å². The maximum Gasteiger partial charge on any atom is 0.238 e. The zero-order valence-electron chi connectivity index (χ0n) is 11.1. The van der Waals surface area contributed by atoms with E-state index >= 15 is 0 Å². The van der Waals surface area contributed by atoms with Crippen LogP contribution in [-0.2, 0) is 11.3 Å². The molecule has 0 saturated carbocycles. The standard InChI is InChI=1S/C14H20ClNO2/c1-4-18-13-8-6-5-7-12(13)10-16(11(2)3)14(17)9-15/h5-8,11H,4,9-10H2,1-3H3. The monoisotopic (exact) mass is 269 g/mol. The second-order valence-corrected chi connectivity index (χ2v) is 4.56. The molecule has 100 valence electrons. The highest BCUT2D eigenvalue weighted by Gasteiger charge is 2.17. The van der Waals surface area contributed by atoms with E-state index in [-0.39, 0.29) is 17.8 Å². The third kappa shape index (κ3) is 3.91. The van der Waals surface area contributed by atoms with Crippen molar-refractivity contribution in [2.24, 2.45) is 0 Å². The van der Waals surface area contributed by atoms with Crippen molar-refractivity contribution in [2.75, 3.05) is 12.5 Å². The number of rotatable bonds is 6. The van der Waals surface area contributed by atoms with Crippen molar-refractivity contribution < 1.29 is 9.53 Å². The topological polar surface area (TPSA) is 29.5 Å². The molecule has 4 heteroatoms. The maximum absolute atomic E-state index is 11.8. The van der Waals surface area contributed by atoms with Gasteiger partial charge < -0.3 is 9.64 Å². The third-order valence-electron chi connectivity index (χ3n) is 2.67. The fourth-order valence-corrected chi connectivity index (χ4v) is 1.90. The number of alkyl halides is 1. The largest absolute Gasteiger partial charge is 0.494 e. The summed E-state index contributed by atoms with van der Waals surface area (Å²) in [6, 6.07) is 7.88. The summed E-state index contributed by atoms with van der Waals surface area (Å²) in [6.07, 6.45) is 0. The van der Waals surface area contributed by atoms with E-state index < -0.39 is 0 Å². The van der Waals surface area contributed by atoms with Crippen molar-refractivity contribution in [2.45, 2.75) is 33.4 Å². The van der Waals surface area contributed by atoms with Crippen LogP contribution in [-0.4, -0.2) is 29.3 Å². The van der Waals surface area contributed by atoms with Crippen LogP contribution >= 0.6 is 11.6 Å². The summed E-state index contributed by atoms with van der Waals surface area (Å²) >= 11 is 5.64. The van der Waals surface area contributed by atoms with Crippen molar-refractivity contribution >= 4 is 17.5 Å². The SMILES string of the molecule is CCOc1ccccc1CN(C(=O)CCl)C(C)C. The average molecular weight is 270 g/mol. The number of nitrogens with zero attached hydrogens (tertiary/aromatic N) is 1. The first-order chi connectivity index (χ1) is 8.60. The Hall–Kier alpha value is -1.22. The van der Waals surface area contributed by atoms with E-state index in [1.54, 1.807) is 4.90 Å². The van der Waals surface area contributed by atoms with E-state index in [1.165, 1.54) is 0 Å². The summed E-state index contributed by atoms with van der Waals surface area (Å²) in [5, 5.41) is 0. The summed E-state index contributed by atoms with van der Waals surface area (Å²) in [5.74, 6) is 0.778. The van der Waals surface area contributed by atoms with Gasteiger partial charge in [0.1, 0.15) is 11.6 Å². The Bertz CT molecular complexity index is 393. The number of amides is 1. The van der Waals surface area contributed by atoms with Crippen molar-refractivity contribution in [1.82, 2.24) is 4.90 Å². The molecule has 1 amide bonds. The molecule has 18 heavy (non-hydrogen) atoms. The predicted octanol–water partition coefficient (Wildman–Crippen LogP) is 3.06. The Labute approximate surface area is 114 Å². The van der Waals surface area contributed by atoms with Crippen LogP contribution in [0.4, 0.5) is 0 Å². The Kier molecular flexibility index (Phi) is 5.99. The minimum atomic E-state index is -0.0574. The first-order valence-electron chi connectivity index (χ1n) is 6.16. The molecular weight excluding hydrogens is 250 g/mol. The molecule has 0 aromatic heterocycles. The second kappa shape index (κ2) is 7.27. The Morgan fingerprint density at radius 3 is 2.61 bits per heavy atom. The van der Waals surface area contributed by atoms with E-state index in [2.05, 4.69) is 0 Å². The lowest BCUT2D eigenvalue weighted by atomic mass is 10.1. The van der Waals surface area contributed by atoms with E-state index in [1.807, 2.05) is 45.0 Å². The van der Waals surface area contributed by atoms with Gasteiger partial charge >= 0.3 is 0 Å². The number of halogens is 1. The number of para-hydroxylation sites is 1. The van der Waals surface area contributed by atoms with Gasteiger partial charge in [-0.05, 0) is 26.8 Å². The molecule has 0 N–H and O–H groups in total. The molecule has 0 aliphatic heterocycles. The molecule has 1 aromatic rings. The van der Waals surface area contributed by atoms with Gasteiger partial charge in [0.15, 0.2) is 0 Å². The van der Waals surface area contributed by atoms with Gasteiger partial charge in [0, 0.05) is 18.2 Å². The molecule has 0 saturated heterocycles. The second-order valence-electron chi connectivity index (χ2n) is 4.29. The van der Waals surface area contributed by atoms with E-state index in [9.17, 15) is 4.79 Å². The lowest BCUT2D eigenvalue weighted by Gasteiger charge is -2.27. The lowest BCUT2D eigenvalue weighted by Crippen LogP contribution is -2.37. The molecule has 1 rings (SSSR count). The van der Waals surface area contributed by atoms with Gasteiger partial charge in [-0.3, -0.25) is 4.79 Å². The highest BCUT2D eigenvalue weighted by atomic mass is 35.5. The van der Waals surface area contributed by atoms with Gasteiger partial charge in [-0.2, -0.15) is 0 Å². The third-order valence-corrected chi connectivity index (χ3v) is 2.90. The van der Waals surface area contributed by atoms with Crippen molar-refractivity contribution in [3.63, 3.8) is 0 Å². The van der Waals surface area contributed by atoms with Crippen molar-refractivity contribution in [3.8, 4) is 5.75 Å². The zero-order valence-corrected chi connectivity index (χ0v) is 11.9. The minimum Gasteiger partial charge on any atom is -0.494 e. The quantitative estimate of drug-likeness (QED) is 0.743. The number of hydrogen-bond donors (Lipinski definition) is 0. The fourth-order valence-electron chi connectivity index (χ4n) is 1.75. The highest BCUT2D eigenvalue weighted by molar-refractivity contribution is 6.27. The van der Waals surface area contributed by atoms with Crippen LogP contribution in [0.3, 0.4) is 0 Å². The maximum atomic E-state index is 11.8. The van der Waals surface area contributed by atoms with Gasteiger partial charge in [0.2, 0.25) is 5.91 Å². The molecule has 0 aliphatic rings. The fraction of sp³-hybridized carbons (Fsp3) is 0.500. The summed E-state index contributed by atoms with van der Waals surface area (Å²) in [5.41, 5.74) is 1.01. The summed E-state index contributed by atoms with van der Waals surface area (Å²) in [6.45, 7) is 7.05. The van der Waals surface area contributed by atoms with Crippen LogP contribution in [0.1, 0.15) is 26.3 Å². The number of carbonyl (C=O) groups excluding carboxylic acids is 1. The van der Waals surface area contributed by atoms with Crippen molar-refractivity contribution in [3.05, 3.63) is 29.8 Å². The van der Waals surface area contributed by atoms with Gasteiger partial charge in [-0.15, -0.1) is 11.6 Å². The first kappa shape index (κ1) is 14.8. The molecule has 0 atom stereocenters. The number of benzene rings is 1. The molecule has 0 spiro atoms. The molecule has 0 aliphatic carbocycles. The molecule has 0 unspecified atom stereocenters. The van der Waals surface area contributed by atoms with E-state index in [4.69, 9.17) is 16.3 Å². The van der Waals surface area contributed by atoms with Crippen LogP contribution in [0.15, 0.2) is 24.3 Å². The van der Waals surface area contributed by atoms with E-state index in [0.29, 0.717) is 13.2 Å². The van der Waals surface area contributed by atoms with E-state index in [0.717, 1.165) is 11.3 Å². The molecule has 0 bridgehead atoms. The van der Waals surface area contributed by atoms with Crippen LogP contribution in [0, 0.1) is 0 Å². The highest BCUT2D eigenvalue weighted by Crippen LogP contribution is 2.21. The normalized spacial score (nSPS) is 10.5. The summed E-state index contributed by atoms with van der Waals surface area (Å²) in [7, 11) is 0. The number of ether oxygens (including phenoxy) is 1. The summed E-state index contributed by atoms with van der Waals surface area (Å²) in [4.78, 5) is 13.5. The molecule has 3 nitrogen and oxygen atoms in total. The van der Waals surface area contributed by atoms with Crippen LogP contribution in [0.2, 0.25) is 0 Å². The average Bonchev–Trinajstić information content (AvgIpc) is 2.36. The van der Waals surface area contributed by atoms with Crippen LogP contribution in [0.5, 0.6) is 5.75 Å². The molecule has 0 fully saturated rings. The number of hydrogen-bond acceptors (Lipinski definition) is 2. The predicted molar refractivity (Wildman–Crippen MR) is 74.0 cm³/mol. The van der Waals surface area contributed by atoms with Crippen LogP contribution in [0.25, 0.3) is 0 Å². The first-order valence-corrected chi connectivity index (χ1v) is 6.69. The molecule has 1 aromatic carbocycles. The molecule has 0 heterocycles. The smallest absolute Gasteiger partial charge is 0.238 e. The minimum absolute atomic E-state index is 0.00891. The van der Waals surface area contributed by atoms with Gasteiger partial charge in [-0.25, -0.2) is 0 Å². The van der Waals surface area contributed by atoms with Gasteiger partial charge in [0.25, 0.3) is 0 Å². The van der Waals surface area contributed by atoms with Gasteiger partial charge in [-0.1, -0.05) is 18.2 Å². The summed E-state index contributed by atoms with van der Waals surface area (Å²) < 4.78 is 5.56. The Balaban J connectivity index is 2.89. The van der Waals surface area contributed by atoms with Crippen molar-refractivity contribution in [1.29, 1.82) is 0 Å². The zero-order chi connectivity index (χ0) is 13.5. The molecular formula is C14H20ClNO2. The van der Waals surface area contributed by atoms with Crippen LogP contribution < -0.4 is 4.74 Å². The Morgan fingerprint density at radius 2 is 2.06 bits per heavy atom.